The number of furan rings is 1. The molecular weight excluding hydrogens is 356 g/mol. The van der Waals surface area contributed by atoms with Gasteiger partial charge in [0.05, 0.1) is 29.4 Å². The van der Waals surface area contributed by atoms with Gasteiger partial charge in [0.2, 0.25) is 5.78 Å². The summed E-state index contributed by atoms with van der Waals surface area (Å²) in [7, 11) is 0. The lowest BCUT2D eigenvalue weighted by molar-refractivity contribution is -0.144. The molecule has 0 amide bonds. The molecule has 2 heterocycles. The average molecular weight is 381 g/mol. The number of rotatable bonds is 4. The SMILES string of the molecule is CC1=C(Cl)C(=O)[C@H]([C@@]2(C)O[C@H]([C@H](C)C(=O)c3cc(C)co3)C[C@@H]2O)CC1. The number of allylic oxidation sites excluding steroid dienone is 2. The summed E-state index contributed by atoms with van der Waals surface area (Å²) in [6, 6.07) is 1.70. The normalized spacial score (nSPS) is 33.6. The zero-order chi connectivity index (χ0) is 19.2. The molecule has 0 radical (unpaired) electrons. The Hall–Kier alpha value is -1.43. The highest BCUT2D eigenvalue weighted by molar-refractivity contribution is 6.43. The molecule has 0 bridgehead atoms. The molecule has 1 aromatic rings. The van der Waals surface area contributed by atoms with E-state index in [1.54, 1.807) is 19.9 Å². The number of aryl methyl sites for hydroxylation is 1. The molecule has 0 saturated carbocycles. The monoisotopic (exact) mass is 380 g/mol. The summed E-state index contributed by atoms with van der Waals surface area (Å²) in [5, 5.41) is 10.9. The quantitative estimate of drug-likeness (QED) is 0.804. The molecule has 26 heavy (non-hydrogen) atoms. The fraction of sp³-hybridized carbons (Fsp3) is 0.600. The van der Waals surface area contributed by atoms with Crippen LogP contribution in [0, 0.1) is 18.8 Å². The van der Waals surface area contributed by atoms with Crippen LogP contribution in [-0.4, -0.2) is 34.5 Å². The van der Waals surface area contributed by atoms with E-state index >= 15 is 0 Å². The van der Waals surface area contributed by atoms with Gasteiger partial charge >= 0.3 is 0 Å². The molecule has 6 heteroatoms. The minimum atomic E-state index is -1.05. The van der Waals surface area contributed by atoms with Gasteiger partial charge in [-0.2, -0.15) is 0 Å². The topological polar surface area (TPSA) is 76.7 Å². The highest BCUT2D eigenvalue weighted by Crippen LogP contribution is 2.45. The van der Waals surface area contributed by atoms with Gasteiger partial charge in [-0.25, -0.2) is 0 Å². The Morgan fingerprint density at radius 1 is 1.42 bits per heavy atom. The number of aliphatic hydroxyl groups is 1. The molecule has 0 aromatic carbocycles. The fourth-order valence-electron chi connectivity index (χ4n) is 3.99. The van der Waals surface area contributed by atoms with Crippen molar-refractivity contribution >= 4 is 23.2 Å². The predicted molar refractivity (Wildman–Crippen MR) is 97.1 cm³/mol. The number of ketones is 2. The Morgan fingerprint density at radius 2 is 2.12 bits per heavy atom. The van der Waals surface area contributed by atoms with Crippen LogP contribution in [0.2, 0.25) is 0 Å². The maximum atomic E-state index is 12.6. The molecule has 1 N–H and O–H groups in total. The highest BCUT2D eigenvalue weighted by Gasteiger charge is 2.54. The molecule has 1 aromatic heterocycles. The van der Waals surface area contributed by atoms with Crippen molar-refractivity contribution in [2.75, 3.05) is 0 Å². The van der Waals surface area contributed by atoms with E-state index in [0.717, 1.165) is 11.1 Å². The number of hydrogen-bond acceptors (Lipinski definition) is 5. The summed E-state index contributed by atoms with van der Waals surface area (Å²) in [4.78, 5) is 25.3. The Balaban J connectivity index is 1.78. The van der Waals surface area contributed by atoms with Crippen LogP contribution in [0.5, 0.6) is 0 Å². The lowest BCUT2D eigenvalue weighted by atomic mass is 9.75. The largest absolute Gasteiger partial charge is 0.461 e. The third kappa shape index (κ3) is 3.17. The molecule has 1 aliphatic carbocycles. The second-order valence-corrected chi connectivity index (χ2v) is 8.16. The van der Waals surface area contributed by atoms with Crippen molar-refractivity contribution in [3.05, 3.63) is 34.3 Å². The molecule has 1 fully saturated rings. The van der Waals surface area contributed by atoms with Gasteiger partial charge in [0.25, 0.3) is 0 Å². The maximum absolute atomic E-state index is 12.6. The molecular formula is C20H25ClO5. The first kappa shape index (κ1) is 19.3. The summed E-state index contributed by atoms with van der Waals surface area (Å²) in [5.41, 5.74) is 0.704. The molecule has 0 spiro atoms. The van der Waals surface area contributed by atoms with E-state index in [4.69, 9.17) is 20.8 Å². The van der Waals surface area contributed by atoms with Crippen LogP contribution in [0.25, 0.3) is 0 Å². The van der Waals surface area contributed by atoms with Crippen molar-refractivity contribution in [3.63, 3.8) is 0 Å². The van der Waals surface area contributed by atoms with Crippen LogP contribution in [-0.2, 0) is 9.53 Å². The summed E-state index contributed by atoms with van der Waals surface area (Å²) >= 11 is 6.16. The van der Waals surface area contributed by atoms with Crippen molar-refractivity contribution in [2.45, 2.75) is 64.8 Å². The van der Waals surface area contributed by atoms with Gasteiger partial charge < -0.3 is 14.3 Å². The number of carbonyl (C=O) groups excluding carboxylic acids is 2. The van der Waals surface area contributed by atoms with E-state index in [1.165, 1.54) is 6.26 Å². The maximum Gasteiger partial charge on any atom is 0.203 e. The fourth-order valence-corrected chi connectivity index (χ4v) is 4.22. The van der Waals surface area contributed by atoms with E-state index in [-0.39, 0.29) is 22.4 Å². The predicted octanol–water partition coefficient (Wildman–Crippen LogP) is 3.81. The van der Waals surface area contributed by atoms with Crippen LogP contribution in [0.3, 0.4) is 0 Å². The molecule has 142 valence electrons. The molecule has 5 nitrogen and oxygen atoms in total. The standard InChI is InChI=1S/C20H25ClO5/c1-10-7-15(25-9-10)18(23)12(3)14-8-16(22)20(4,26-14)13-6-5-11(2)17(21)19(13)24/h7,9,12-14,16,22H,5-6,8H2,1-4H3/t12-,13+,14-,16-,20+/m0/s1. The van der Waals surface area contributed by atoms with Gasteiger partial charge in [0.1, 0.15) is 5.60 Å². The minimum Gasteiger partial charge on any atom is -0.461 e. The Kier molecular flexibility index (Phi) is 5.17. The van der Waals surface area contributed by atoms with Gasteiger partial charge in [-0.1, -0.05) is 24.1 Å². The molecule has 2 aliphatic rings. The van der Waals surface area contributed by atoms with Gasteiger partial charge in [-0.3, -0.25) is 9.59 Å². The van der Waals surface area contributed by atoms with Crippen LogP contribution in [0.1, 0.15) is 56.2 Å². The first-order valence-corrected chi connectivity index (χ1v) is 9.37. The van der Waals surface area contributed by atoms with Gasteiger partial charge in [-0.15, -0.1) is 0 Å². The van der Waals surface area contributed by atoms with Gasteiger partial charge in [-0.05, 0) is 45.2 Å². The zero-order valence-electron chi connectivity index (χ0n) is 15.5. The van der Waals surface area contributed by atoms with Crippen molar-refractivity contribution in [3.8, 4) is 0 Å². The molecule has 1 aliphatic heterocycles. The molecule has 0 unspecified atom stereocenters. The zero-order valence-corrected chi connectivity index (χ0v) is 16.3. The number of halogens is 1. The van der Waals surface area contributed by atoms with E-state index in [1.807, 2.05) is 13.8 Å². The molecule has 5 atom stereocenters. The van der Waals surface area contributed by atoms with E-state index in [9.17, 15) is 14.7 Å². The minimum absolute atomic E-state index is 0.164. The van der Waals surface area contributed by atoms with Gasteiger partial charge in [0, 0.05) is 12.3 Å². The number of Topliss-reactive ketones (excluding diaryl/α,β-unsaturated/α-hetero) is 2. The van der Waals surface area contributed by atoms with Crippen molar-refractivity contribution in [1.29, 1.82) is 0 Å². The Bertz CT molecular complexity index is 764. The van der Waals surface area contributed by atoms with Crippen molar-refractivity contribution < 1.29 is 23.8 Å². The summed E-state index contributed by atoms with van der Waals surface area (Å²) in [6.45, 7) is 7.22. The van der Waals surface area contributed by atoms with Crippen LogP contribution in [0.4, 0.5) is 0 Å². The number of ether oxygens (including phenoxy) is 1. The Labute approximate surface area is 158 Å². The van der Waals surface area contributed by atoms with E-state index in [0.29, 0.717) is 19.3 Å². The van der Waals surface area contributed by atoms with Gasteiger partial charge in [0.15, 0.2) is 11.5 Å². The first-order chi connectivity index (χ1) is 12.1. The van der Waals surface area contributed by atoms with Crippen molar-refractivity contribution in [1.82, 2.24) is 0 Å². The van der Waals surface area contributed by atoms with Crippen molar-refractivity contribution in [2.24, 2.45) is 11.8 Å². The summed E-state index contributed by atoms with van der Waals surface area (Å²) in [6.07, 6.45) is 1.80. The molecule has 3 rings (SSSR count). The summed E-state index contributed by atoms with van der Waals surface area (Å²) in [5.74, 6) is -1.05. The second-order valence-electron chi connectivity index (χ2n) is 7.78. The third-order valence-electron chi connectivity index (χ3n) is 5.87. The smallest absolute Gasteiger partial charge is 0.203 e. The van der Waals surface area contributed by atoms with E-state index < -0.39 is 29.6 Å². The van der Waals surface area contributed by atoms with Crippen LogP contribution in [0.15, 0.2) is 27.4 Å². The summed E-state index contributed by atoms with van der Waals surface area (Å²) < 4.78 is 11.5. The lowest BCUT2D eigenvalue weighted by Gasteiger charge is -2.38. The number of aliphatic hydroxyl groups excluding tert-OH is 1. The number of carbonyl (C=O) groups is 2. The second kappa shape index (κ2) is 6.95. The van der Waals surface area contributed by atoms with Crippen LogP contribution >= 0.6 is 11.6 Å². The first-order valence-electron chi connectivity index (χ1n) is 8.99. The molecule has 1 saturated heterocycles. The highest BCUT2D eigenvalue weighted by atomic mass is 35.5. The Morgan fingerprint density at radius 3 is 2.73 bits per heavy atom. The van der Waals surface area contributed by atoms with E-state index in [2.05, 4.69) is 0 Å². The number of hydrogen-bond donors (Lipinski definition) is 1. The average Bonchev–Trinajstić information content (AvgIpc) is 3.16. The lowest BCUT2D eigenvalue weighted by Crippen LogP contribution is -2.48. The third-order valence-corrected chi connectivity index (χ3v) is 6.38. The van der Waals surface area contributed by atoms with Crippen LogP contribution < -0.4 is 0 Å².